The van der Waals surface area contributed by atoms with Gasteiger partial charge in [0.05, 0.1) is 0 Å². The highest BCUT2D eigenvalue weighted by Crippen LogP contribution is 2.15. The zero-order chi connectivity index (χ0) is 12.4. The zero-order valence-electron chi connectivity index (χ0n) is 9.57. The van der Waals surface area contributed by atoms with Gasteiger partial charge in [-0.25, -0.2) is 9.37 Å². The molecule has 1 N–H and O–H groups in total. The van der Waals surface area contributed by atoms with Crippen molar-refractivity contribution in [3.63, 3.8) is 0 Å². The minimum absolute atomic E-state index is 0.179. The highest BCUT2D eigenvalue weighted by atomic mass is 19.1. The van der Waals surface area contributed by atoms with Crippen molar-refractivity contribution in [1.29, 1.82) is 0 Å². The third-order valence-electron chi connectivity index (χ3n) is 2.45. The minimum atomic E-state index is -0.317. The van der Waals surface area contributed by atoms with E-state index in [0.717, 1.165) is 0 Å². The van der Waals surface area contributed by atoms with Crippen molar-refractivity contribution in [3.05, 3.63) is 52.3 Å². The predicted octanol–water partition coefficient (Wildman–Crippen LogP) is 1.97. The highest BCUT2D eigenvalue weighted by molar-refractivity contribution is 5.55. The van der Waals surface area contributed by atoms with E-state index >= 15 is 0 Å². The lowest BCUT2D eigenvalue weighted by molar-refractivity contribution is 0.619. The van der Waals surface area contributed by atoms with Crippen LogP contribution in [0.15, 0.2) is 35.4 Å². The van der Waals surface area contributed by atoms with Gasteiger partial charge in [-0.05, 0) is 24.6 Å². The summed E-state index contributed by atoms with van der Waals surface area (Å²) in [6.07, 6.45) is 3.07. The van der Waals surface area contributed by atoms with Crippen molar-refractivity contribution in [2.24, 2.45) is 7.05 Å². The molecule has 0 saturated heterocycles. The van der Waals surface area contributed by atoms with Gasteiger partial charge in [0.1, 0.15) is 5.82 Å². The first-order valence-electron chi connectivity index (χ1n) is 5.13. The monoisotopic (exact) mass is 233 g/mol. The first-order valence-corrected chi connectivity index (χ1v) is 5.13. The molecule has 4 nitrogen and oxygen atoms in total. The number of aryl methyl sites for hydroxylation is 2. The van der Waals surface area contributed by atoms with Gasteiger partial charge in [-0.3, -0.25) is 4.79 Å². The Morgan fingerprint density at radius 3 is 2.88 bits per heavy atom. The molecule has 88 valence electrons. The van der Waals surface area contributed by atoms with Gasteiger partial charge in [0, 0.05) is 25.1 Å². The van der Waals surface area contributed by atoms with Gasteiger partial charge >= 0.3 is 0 Å². The van der Waals surface area contributed by atoms with E-state index in [1.54, 1.807) is 32.3 Å². The van der Waals surface area contributed by atoms with E-state index in [-0.39, 0.29) is 17.2 Å². The average molecular weight is 233 g/mol. The third kappa shape index (κ3) is 2.33. The SMILES string of the molecule is Cc1ccc(Nc2nccn(C)c2=O)cc1F. The molecule has 5 heteroatoms. The number of nitrogens with one attached hydrogen (secondary N) is 1. The summed E-state index contributed by atoms with van der Waals surface area (Å²) in [5.41, 5.74) is 0.807. The molecule has 17 heavy (non-hydrogen) atoms. The molecule has 0 spiro atoms. The van der Waals surface area contributed by atoms with Crippen LogP contribution in [0, 0.1) is 12.7 Å². The van der Waals surface area contributed by atoms with Gasteiger partial charge in [-0.2, -0.15) is 0 Å². The lowest BCUT2D eigenvalue weighted by Gasteiger charge is -2.06. The molecule has 2 rings (SSSR count). The van der Waals surface area contributed by atoms with E-state index < -0.39 is 0 Å². The van der Waals surface area contributed by atoms with Crippen LogP contribution in [0.3, 0.4) is 0 Å². The molecule has 0 unspecified atom stereocenters. The molecular weight excluding hydrogens is 221 g/mol. The molecule has 0 fully saturated rings. The van der Waals surface area contributed by atoms with Crippen LogP contribution in [0.1, 0.15) is 5.56 Å². The molecule has 0 bridgehead atoms. The number of rotatable bonds is 2. The molecule has 0 saturated carbocycles. The maximum Gasteiger partial charge on any atom is 0.293 e. The van der Waals surface area contributed by atoms with Gasteiger partial charge in [0.2, 0.25) is 0 Å². The van der Waals surface area contributed by atoms with Crippen molar-refractivity contribution in [3.8, 4) is 0 Å². The second kappa shape index (κ2) is 4.37. The lowest BCUT2D eigenvalue weighted by atomic mass is 10.2. The van der Waals surface area contributed by atoms with Crippen molar-refractivity contribution < 1.29 is 4.39 Å². The number of benzene rings is 1. The third-order valence-corrected chi connectivity index (χ3v) is 2.45. The molecule has 0 amide bonds. The second-order valence-corrected chi connectivity index (χ2v) is 3.78. The Kier molecular flexibility index (Phi) is 2.91. The number of nitrogens with zero attached hydrogens (tertiary/aromatic N) is 2. The van der Waals surface area contributed by atoms with E-state index in [4.69, 9.17) is 0 Å². The Morgan fingerprint density at radius 2 is 2.18 bits per heavy atom. The molecular formula is C12H12FN3O. The molecule has 0 aliphatic rings. The fourth-order valence-corrected chi connectivity index (χ4v) is 1.39. The quantitative estimate of drug-likeness (QED) is 0.862. The van der Waals surface area contributed by atoms with Crippen LogP contribution >= 0.6 is 0 Å². The maximum absolute atomic E-state index is 13.3. The van der Waals surface area contributed by atoms with Gasteiger partial charge in [0.15, 0.2) is 5.82 Å². The van der Waals surface area contributed by atoms with Crippen LogP contribution in [0.2, 0.25) is 0 Å². The zero-order valence-corrected chi connectivity index (χ0v) is 9.57. The van der Waals surface area contributed by atoms with E-state index in [0.29, 0.717) is 11.3 Å². The van der Waals surface area contributed by atoms with Crippen LogP contribution < -0.4 is 10.9 Å². The molecule has 0 atom stereocenters. The van der Waals surface area contributed by atoms with E-state index in [2.05, 4.69) is 10.3 Å². The predicted molar refractivity (Wildman–Crippen MR) is 63.9 cm³/mol. The number of hydrogen-bond donors (Lipinski definition) is 1. The van der Waals surface area contributed by atoms with Crippen LogP contribution in [0.25, 0.3) is 0 Å². The van der Waals surface area contributed by atoms with E-state index in [1.165, 1.54) is 16.8 Å². The van der Waals surface area contributed by atoms with Crippen LogP contribution in [0.5, 0.6) is 0 Å². The van der Waals surface area contributed by atoms with Gasteiger partial charge in [-0.1, -0.05) is 6.07 Å². The molecule has 1 aromatic carbocycles. The Morgan fingerprint density at radius 1 is 1.41 bits per heavy atom. The number of anilines is 2. The Labute approximate surface area is 97.7 Å². The summed E-state index contributed by atoms with van der Waals surface area (Å²) in [5, 5.41) is 2.80. The lowest BCUT2D eigenvalue weighted by Crippen LogP contribution is -2.20. The van der Waals surface area contributed by atoms with Crippen molar-refractivity contribution in [1.82, 2.24) is 9.55 Å². The fraction of sp³-hybridized carbons (Fsp3) is 0.167. The number of halogens is 1. The fourth-order valence-electron chi connectivity index (χ4n) is 1.39. The van der Waals surface area contributed by atoms with Crippen molar-refractivity contribution in [2.45, 2.75) is 6.92 Å². The smallest absolute Gasteiger partial charge is 0.293 e. The molecule has 0 aliphatic heterocycles. The topological polar surface area (TPSA) is 46.9 Å². The average Bonchev–Trinajstić information content (AvgIpc) is 2.30. The summed E-state index contributed by atoms with van der Waals surface area (Å²) in [7, 11) is 1.63. The summed E-state index contributed by atoms with van der Waals surface area (Å²) in [6.45, 7) is 1.68. The summed E-state index contributed by atoms with van der Waals surface area (Å²) in [5.74, 6) is -0.138. The van der Waals surface area contributed by atoms with Crippen LogP contribution in [0.4, 0.5) is 15.9 Å². The first kappa shape index (κ1) is 11.3. The number of hydrogen-bond acceptors (Lipinski definition) is 3. The summed E-state index contributed by atoms with van der Waals surface area (Å²) < 4.78 is 14.7. The largest absolute Gasteiger partial charge is 0.336 e. The Hall–Kier alpha value is -2.17. The van der Waals surface area contributed by atoms with Crippen LogP contribution in [-0.2, 0) is 7.05 Å². The van der Waals surface area contributed by atoms with E-state index in [9.17, 15) is 9.18 Å². The Bertz CT molecular complexity index is 607. The molecule has 2 aromatic rings. The summed E-state index contributed by atoms with van der Waals surface area (Å²) in [6, 6.07) is 4.68. The maximum atomic E-state index is 13.3. The summed E-state index contributed by atoms with van der Waals surface area (Å²) in [4.78, 5) is 15.6. The first-order chi connectivity index (χ1) is 8.08. The molecule has 0 aliphatic carbocycles. The van der Waals surface area contributed by atoms with Gasteiger partial charge < -0.3 is 9.88 Å². The Balaban J connectivity index is 2.35. The van der Waals surface area contributed by atoms with Gasteiger partial charge in [0.25, 0.3) is 5.56 Å². The molecule has 0 radical (unpaired) electrons. The van der Waals surface area contributed by atoms with Crippen LogP contribution in [-0.4, -0.2) is 9.55 Å². The standard InChI is InChI=1S/C12H12FN3O/c1-8-3-4-9(7-10(8)13)15-11-12(17)16(2)6-5-14-11/h3-7H,1-2H3,(H,14,15). The second-order valence-electron chi connectivity index (χ2n) is 3.78. The van der Waals surface area contributed by atoms with Crippen molar-refractivity contribution >= 4 is 11.5 Å². The van der Waals surface area contributed by atoms with Gasteiger partial charge in [-0.15, -0.1) is 0 Å². The normalized spacial score (nSPS) is 10.3. The number of aromatic nitrogens is 2. The van der Waals surface area contributed by atoms with E-state index in [1.807, 2.05) is 0 Å². The minimum Gasteiger partial charge on any atom is -0.336 e. The highest BCUT2D eigenvalue weighted by Gasteiger charge is 2.04. The molecule has 1 aromatic heterocycles. The summed E-state index contributed by atoms with van der Waals surface area (Å²) >= 11 is 0. The van der Waals surface area contributed by atoms with Crippen molar-refractivity contribution in [2.75, 3.05) is 5.32 Å². The molecule has 1 heterocycles.